The highest BCUT2D eigenvalue weighted by molar-refractivity contribution is 6.32. The van der Waals surface area contributed by atoms with Crippen LogP contribution in [0.5, 0.6) is 11.5 Å². The quantitative estimate of drug-likeness (QED) is 0.572. The number of carbonyl (C=O) groups is 1. The molecule has 1 N–H and O–H groups in total. The van der Waals surface area contributed by atoms with Crippen molar-refractivity contribution in [1.82, 2.24) is 20.2 Å². The predicted molar refractivity (Wildman–Crippen MR) is 110 cm³/mol. The van der Waals surface area contributed by atoms with Crippen molar-refractivity contribution in [1.29, 1.82) is 0 Å². The van der Waals surface area contributed by atoms with Gasteiger partial charge in [0.1, 0.15) is 5.82 Å². The number of nitrogens with zero attached hydrogens (tertiary/aromatic N) is 4. The molecule has 0 aliphatic heterocycles. The second kappa shape index (κ2) is 9.53. The van der Waals surface area contributed by atoms with E-state index < -0.39 is 11.7 Å². The average molecular weight is 434 g/mol. The third-order valence-electron chi connectivity index (χ3n) is 4.09. The van der Waals surface area contributed by atoms with Gasteiger partial charge in [-0.25, -0.2) is 4.39 Å². The Balaban J connectivity index is 1.89. The summed E-state index contributed by atoms with van der Waals surface area (Å²) in [5.41, 5.74) is 0.689. The Kier molecular flexibility index (Phi) is 6.83. The molecule has 0 bridgehead atoms. The fraction of sp³-hybridized carbons (Fsp3) is 0.300. The van der Waals surface area contributed by atoms with Crippen molar-refractivity contribution in [2.75, 3.05) is 18.5 Å². The van der Waals surface area contributed by atoms with Gasteiger partial charge < -0.3 is 14.8 Å². The number of aryl methyl sites for hydroxylation is 1. The summed E-state index contributed by atoms with van der Waals surface area (Å²) in [6.07, 6.45) is 0.792. The third-order valence-corrected chi connectivity index (χ3v) is 4.37. The number of benzene rings is 2. The molecule has 8 nitrogen and oxygen atoms in total. The summed E-state index contributed by atoms with van der Waals surface area (Å²) < 4.78 is 27.0. The molecule has 1 aromatic heterocycles. The van der Waals surface area contributed by atoms with Crippen molar-refractivity contribution in [2.24, 2.45) is 0 Å². The Morgan fingerprint density at radius 1 is 1.23 bits per heavy atom. The lowest BCUT2D eigenvalue weighted by atomic mass is 10.1. The number of rotatable bonds is 8. The number of ether oxygens (including phenoxy) is 2. The number of hydrogen-bond donors (Lipinski definition) is 1. The number of tetrazole rings is 1. The molecule has 0 aliphatic carbocycles. The monoisotopic (exact) mass is 433 g/mol. The van der Waals surface area contributed by atoms with Crippen LogP contribution < -0.4 is 14.8 Å². The van der Waals surface area contributed by atoms with E-state index in [-0.39, 0.29) is 16.3 Å². The first kappa shape index (κ1) is 21.5. The minimum Gasteiger partial charge on any atom is -0.490 e. The van der Waals surface area contributed by atoms with Gasteiger partial charge in [0.25, 0.3) is 5.91 Å². The van der Waals surface area contributed by atoms with E-state index in [1.54, 1.807) is 6.92 Å². The van der Waals surface area contributed by atoms with Gasteiger partial charge in [-0.1, -0.05) is 18.5 Å². The Hall–Kier alpha value is -3.20. The molecule has 30 heavy (non-hydrogen) atoms. The first-order valence-electron chi connectivity index (χ1n) is 9.40. The van der Waals surface area contributed by atoms with Crippen LogP contribution in [0.1, 0.15) is 36.5 Å². The molecule has 0 radical (unpaired) electrons. The Morgan fingerprint density at radius 3 is 2.70 bits per heavy atom. The fourth-order valence-corrected chi connectivity index (χ4v) is 2.98. The van der Waals surface area contributed by atoms with Gasteiger partial charge in [0.05, 0.1) is 29.6 Å². The van der Waals surface area contributed by atoms with Crippen LogP contribution in [0, 0.1) is 12.7 Å². The first-order valence-corrected chi connectivity index (χ1v) is 9.77. The summed E-state index contributed by atoms with van der Waals surface area (Å²) in [4.78, 5) is 12.8. The molecule has 158 valence electrons. The lowest BCUT2D eigenvalue weighted by Gasteiger charge is -2.15. The number of carbonyl (C=O) groups excluding carboxylic acids is 1. The summed E-state index contributed by atoms with van der Waals surface area (Å²) >= 11 is 6.31. The van der Waals surface area contributed by atoms with E-state index >= 15 is 0 Å². The maximum atomic E-state index is 14.3. The topological polar surface area (TPSA) is 91.2 Å². The van der Waals surface area contributed by atoms with Gasteiger partial charge in [-0.2, -0.15) is 4.68 Å². The fourth-order valence-electron chi connectivity index (χ4n) is 2.71. The zero-order valence-corrected chi connectivity index (χ0v) is 17.5. The molecule has 0 atom stereocenters. The molecule has 0 fully saturated rings. The molecule has 1 heterocycles. The second-order valence-electron chi connectivity index (χ2n) is 6.32. The number of anilines is 1. The maximum absolute atomic E-state index is 14.3. The predicted octanol–water partition coefficient (Wildman–Crippen LogP) is 4.20. The van der Waals surface area contributed by atoms with Crippen molar-refractivity contribution in [2.45, 2.75) is 27.2 Å². The molecular formula is C20H21ClFN5O3. The van der Waals surface area contributed by atoms with Gasteiger partial charge in [-0.15, -0.1) is 5.10 Å². The van der Waals surface area contributed by atoms with Crippen molar-refractivity contribution in [3.8, 4) is 17.2 Å². The summed E-state index contributed by atoms with van der Waals surface area (Å²) in [6, 6.07) is 7.16. The minimum atomic E-state index is -0.600. The summed E-state index contributed by atoms with van der Waals surface area (Å²) in [5, 5.41) is 14.0. The largest absolute Gasteiger partial charge is 0.490 e. The third kappa shape index (κ3) is 4.68. The van der Waals surface area contributed by atoms with E-state index in [0.29, 0.717) is 36.2 Å². The number of hydrogen-bond acceptors (Lipinski definition) is 6. The van der Waals surface area contributed by atoms with Crippen LogP contribution in [0.3, 0.4) is 0 Å². The standard InChI is InChI=1S/C20H21ClFN5O3/c1-4-8-30-19-15(21)9-13(10-18(19)29-5-2)20(28)23-17-11-14(6-7-16(17)22)27-12(3)24-25-26-27/h6-7,9-11H,4-5,8H2,1-3H3,(H,23,28). The van der Waals surface area contributed by atoms with Gasteiger partial charge in [0.2, 0.25) is 0 Å². The molecule has 0 unspecified atom stereocenters. The van der Waals surface area contributed by atoms with Gasteiger partial charge in [0.15, 0.2) is 17.3 Å². The number of nitrogens with one attached hydrogen (secondary N) is 1. The number of aromatic nitrogens is 4. The van der Waals surface area contributed by atoms with E-state index in [2.05, 4.69) is 20.8 Å². The maximum Gasteiger partial charge on any atom is 0.255 e. The van der Waals surface area contributed by atoms with Crippen LogP contribution in [0.25, 0.3) is 5.69 Å². The van der Waals surface area contributed by atoms with Crippen molar-refractivity contribution >= 4 is 23.2 Å². The lowest BCUT2D eigenvalue weighted by molar-refractivity contribution is 0.102. The van der Waals surface area contributed by atoms with Crippen molar-refractivity contribution in [3.05, 3.63) is 52.6 Å². The molecule has 0 aliphatic rings. The van der Waals surface area contributed by atoms with E-state index in [1.165, 1.54) is 35.0 Å². The van der Waals surface area contributed by atoms with Gasteiger partial charge in [0, 0.05) is 5.56 Å². The average Bonchev–Trinajstić information content (AvgIpc) is 3.15. The first-order chi connectivity index (χ1) is 14.4. The highest BCUT2D eigenvalue weighted by Gasteiger charge is 2.18. The number of halogens is 2. The van der Waals surface area contributed by atoms with E-state index in [1.807, 2.05) is 13.8 Å². The molecule has 10 heteroatoms. The van der Waals surface area contributed by atoms with Crippen LogP contribution >= 0.6 is 11.6 Å². The van der Waals surface area contributed by atoms with Gasteiger partial charge in [-0.3, -0.25) is 4.79 Å². The molecular weight excluding hydrogens is 413 g/mol. The summed E-state index contributed by atoms with van der Waals surface area (Å²) in [6.45, 7) is 6.31. The van der Waals surface area contributed by atoms with E-state index in [0.717, 1.165) is 6.42 Å². The highest BCUT2D eigenvalue weighted by atomic mass is 35.5. The van der Waals surface area contributed by atoms with E-state index in [9.17, 15) is 9.18 Å². The molecule has 0 saturated carbocycles. The molecule has 3 aromatic rings. The van der Waals surface area contributed by atoms with Crippen LogP contribution in [-0.2, 0) is 0 Å². The van der Waals surface area contributed by atoms with Crippen LogP contribution in [-0.4, -0.2) is 39.3 Å². The minimum absolute atomic E-state index is 0.0206. The number of amides is 1. The Labute approximate surface area is 177 Å². The zero-order chi connectivity index (χ0) is 21.7. The van der Waals surface area contributed by atoms with Gasteiger partial charge >= 0.3 is 0 Å². The molecule has 0 spiro atoms. The van der Waals surface area contributed by atoms with Crippen LogP contribution in [0.15, 0.2) is 30.3 Å². The van der Waals surface area contributed by atoms with Crippen molar-refractivity contribution in [3.63, 3.8) is 0 Å². The van der Waals surface area contributed by atoms with Gasteiger partial charge in [-0.05, 0) is 61.0 Å². The Bertz CT molecular complexity index is 1060. The highest BCUT2D eigenvalue weighted by Crippen LogP contribution is 2.37. The molecule has 2 aromatic carbocycles. The normalized spacial score (nSPS) is 10.7. The Morgan fingerprint density at radius 2 is 2.03 bits per heavy atom. The second-order valence-corrected chi connectivity index (χ2v) is 6.73. The molecule has 1 amide bonds. The zero-order valence-electron chi connectivity index (χ0n) is 16.8. The van der Waals surface area contributed by atoms with E-state index in [4.69, 9.17) is 21.1 Å². The smallest absolute Gasteiger partial charge is 0.255 e. The van der Waals surface area contributed by atoms with Crippen LogP contribution in [0.4, 0.5) is 10.1 Å². The molecule has 3 rings (SSSR count). The van der Waals surface area contributed by atoms with Crippen LogP contribution in [0.2, 0.25) is 5.02 Å². The lowest BCUT2D eigenvalue weighted by Crippen LogP contribution is -2.14. The van der Waals surface area contributed by atoms with Crippen molar-refractivity contribution < 1.29 is 18.7 Å². The summed E-state index contributed by atoms with van der Waals surface area (Å²) in [5.74, 6) is 0.0947. The SMILES string of the molecule is CCCOc1c(Cl)cc(C(=O)Nc2cc(-n3nnnc3C)ccc2F)cc1OCC. The summed E-state index contributed by atoms with van der Waals surface area (Å²) in [7, 11) is 0. The molecule has 0 saturated heterocycles.